The summed E-state index contributed by atoms with van der Waals surface area (Å²) < 4.78 is 33.5. The number of hydrogen-bond donors (Lipinski definition) is 0. The molecule has 5 nitrogen and oxygen atoms in total. The van der Waals surface area contributed by atoms with Crippen molar-refractivity contribution in [2.75, 3.05) is 13.7 Å². The second-order valence-corrected chi connectivity index (χ2v) is 8.23. The summed E-state index contributed by atoms with van der Waals surface area (Å²) in [5.74, 6) is 0.672. The maximum absolute atomic E-state index is 13.3. The number of sulfonamides is 1. The number of rotatable bonds is 4. The van der Waals surface area contributed by atoms with Crippen LogP contribution in [0.3, 0.4) is 0 Å². The quantitative estimate of drug-likeness (QED) is 0.853. The number of pyridine rings is 1. The lowest BCUT2D eigenvalue weighted by atomic mass is 10.0. The highest BCUT2D eigenvalue weighted by Crippen LogP contribution is 2.40. The van der Waals surface area contributed by atoms with E-state index in [1.54, 1.807) is 28.8 Å². The zero-order valence-corrected chi connectivity index (χ0v) is 15.0. The Morgan fingerprint density at radius 3 is 2.75 bits per heavy atom. The van der Waals surface area contributed by atoms with Crippen molar-refractivity contribution >= 4 is 10.0 Å². The SMILES string of the molecule is COc1ccc(C)cc1S(=O)(=O)N1CC(C)CC1c1cccnc1. The van der Waals surface area contributed by atoms with Crippen molar-refractivity contribution < 1.29 is 13.2 Å². The molecule has 2 aromatic rings. The molecule has 0 spiro atoms. The van der Waals surface area contributed by atoms with Crippen LogP contribution in [-0.4, -0.2) is 31.4 Å². The first-order valence-electron chi connectivity index (χ1n) is 8.00. The van der Waals surface area contributed by atoms with E-state index < -0.39 is 10.0 Å². The molecule has 128 valence electrons. The van der Waals surface area contributed by atoms with E-state index in [1.165, 1.54) is 7.11 Å². The second kappa shape index (κ2) is 6.53. The fourth-order valence-corrected chi connectivity index (χ4v) is 5.25. The fraction of sp³-hybridized carbons (Fsp3) is 0.389. The highest BCUT2D eigenvalue weighted by Gasteiger charge is 2.40. The molecule has 2 unspecified atom stereocenters. The van der Waals surface area contributed by atoms with Gasteiger partial charge in [-0.25, -0.2) is 8.42 Å². The molecule has 2 heterocycles. The molecule has 0 amide bonds. The van der Waals surface area contributed by atoms with Crippen LogP contribution in [0.4, 0.5) is 0 Å². The third-order valence-corrected chi connectivity index (χ3v) is 6.34. The van der Waals surface area contributed by atoms with Gasteiger partial charge in [0.05, 0.1) is 13.2 Å². The molecule has 1 aromatic heterocycles. The predicted octanol–water partition coefficient (Wildman–Crippen LogP) is 3.17. The Hall–Kier alpha value is -1.92. The van der Waals surface area contributed by atoms with Gasteiger partial charge in [-0.15, -0.1) is 0 Å². The van der Waals surface area contributed by atoms with Crippen molar-refractivity contribution in [2.24, 2.45) is 5.92 Å². The number of aromatic nitrogens is 1. The van der Waals surface area contributed by atoms with E-state index in [-0.39, 0.29) is 10.9 Å². The van der Waals surface area contributed by atoms with Gasteiger partial charge >= 0.3 is 0 Å². The van der Waals surface area contributed by atoms with Gasteiger partial charge in [0.25, 0.3) is 0 Å². The van der Waals surface area contributed by atoms with Gasteiger partial charge in [0.15, 0.2) is 0 Å². The Balaban J connectivity index is 2.07. The number of ether oxygens (including phenoxy) is 1. The molecule has 1 aliphatic rings. The molecule has 0 bridgehead atoms. The number of aryl methyl sites for hydroxylation is 1. The van der Waals surface area contributed by atoms with Gasteiger partial charge in [-0.3, -0.25) is 4.98 Å². The first-order valence-corrected chi connectivity index (χ1v) is 9.44. The molecule has 1 saturated heterocycles. The average molecular weight is 346 g/mol. The Labute approximate surface area is 143 Å². The highest BCUT2D eigenvalue weighted by molar-refractivity contribution is 7.89. The summed E-state index contributed by atoms with van der Waals surface area (Å²) in [6.45, 7) is 4.45. The van der Waals surface area contributed by atoms with Crippen LogP contribution in [0.15, 0.2) is 47.6 Å². The third-order valence-electron chi connectivity index (χ3n) is 4.44. The molecular formula is C18H22N2O3S. The highest BCUT2D eigenvalue weighted by atomic mass is 32.2. The smallest absolute Gasteiger partial charge is 0.247 e. The summed E-state index contributed by atoms with van der Waals surface area (Å²) in [6, 6.07) is 8.83. The first kappa shape index (κ1) is 16.9. The van der Waals surface area contributed by atoms with Gasteiger partial charge in [0.2, 0.25) is 10.0 Å². The Morgan fingerprint density at radius 2 is 2.08 bits per heavy atom. The molecule has 24 heavy (non-hydrogen) atoms. The van der Waals surface area contributed by atoms with Crippen molar-refractivity contribution in [3.63, 3.8) is 0 Å². The van der Waals surface area contributed by atoms with Gasteiger partial charge in [0, 0.05) is 18.9 Å². The van der Waals surface area contributed by atoms with Crippen LogP contribution in [0.2, 0.25) is 0 Å². The van der Waals surface area contributed by atoms with E-state index in [4.69, 9.17) is 4.74 Å². The molecule has 1 aliphatic heterocycles. The Kier molecular flexibility index (Phi) is 4.60. The van der Waals surface area contributed by atoms with Crippen LogP contribution in [0.5, 0.6) is 5.75 Å². The fourth-order valence-electron chi connectivity index (χ4n) is 3.26. The third kappa shape index (κ3) is 3.03. The summed E-state index contributed by atoms with van der Waals surface area (Å²) in [5.41, 5.74) is 1.82. The van der Waals surface area contributed by atoms with Crippen molar-refractivity contribution in [1.29, 1.82) is 0 Å². The zero-order chi connectivity index (χ0) is 17.3. The van der Waals surface area contributed by atoms with E-state index in [9.17, 15) is 8.42 Å². The molecule has 0 N–H and O–H groups in total. The molecule has 2 atom stereocenters. The minimum atomic E-state index is -3.65. The summed E-state index contributed by atoms with van der Waals surface area (Å²) in [4.78, 5) is 4.37. The van der Waals surface area contributed by atoms with E-state index in [2.05, 4.69) is 11.9 Å². The van der Waals surface area contributed by atoms with Crippen LogP contribution in [0, 0.1) is 12.8 Å². The van der Waals surface area contributed by atoms with Gasteiger partial charge in [0.1, 0.15) is 10.6 Å². The summed E-state index contributed by atoms with van der Waals surface area (Å²) >= 11 is 0. The van der Waals surface area contributed by atoms with Gasteiger partial charge in [-0.2, -0.15) is 4.31 Å². The van der Waals surface area contributed by atoms with Gasteiger partial charge < -0.3 is 4.74 Å². The lowest BCUT2D eigenvalue weighted by Crippen LogP contribution is -2.31. The average Bonchev–Trinajstić information content (AvgIpc) is 2.98. The zero-order valence-electron chi connectivity index (χ0n) is 14.1. The Morgan fingerprint density at radius 1 is 1.29 bits per heavy atom. The van der Waals surface area contributed by atoms with E-state index in [0.29, 0.717) is 18.2 Å². The van der Waals surface area contributed by atoms with Crippen LogP contribution < -0.4 is 4.74 Å². The van der Waals surface area contributed by atoms with E-state index in [1.807, 2.05) is 25.1 Å². The molecular weight excluding hydrogens is 324 g/mol. The van der Waals surface area contributed by atoms with Gasteiger partial charge in [-0.05, 0) is 48.6 Å². The monoisotopic (exact) mass is 346 g/mol. The van der Waals surface area contributed by atoms with Crippen molar-refractivity contribution in [3.05, 3.63) is 53.9 Å². The normalized spacial score (nSPS) is 21.8. The minimum absolute atomic E-state index is 0.191. The lowest BCUT2D eigenvalue weighted by molar-refractivity contribution is 0.379. The molecule has 0 saturated carbocycles. The maximum Gasteiger partial charge on any atom is 0.247 e. The topological polar surface area (TPSA) is 59.5 Å². The standard InChI is InChI=1S/C18H22N2O3S/c1-13-6-7-17(23-3)18(10-13)24(21,22)20-12-14(2)9-16(20)15-5-4-8-19-11-15/h4-8,10-11,14,16H,9,12H2,1-3H3. The molecule has 1 aromatic carbocycles. The molecule has 1 fully saturated rings. The summed E-state index contributed by atoms with van der Waals surface area (Å²) in [5, 5.41) is 0. The molecule has 0 aliphatic carbocycles. The van der Waals surface area contributed by atoms with E-state index >= 15 is 0 Å². The van der Waals surface area contributed by atoms with Crippen LogP contribution in [0.25, 0.3) is 0 Å². The largest absolute Gasteiger partial charge is 0.495 e. The van der Waals surface area contributed by atoms with Gasteiger partial charge in [-0.1, -0.05) is 19.1 Å². The molecule has 6 heteroatoms. The number of nitrogens with zero attached hydrogens (tertiary/aromatic N) is 2. The lowest BCUT2D eigenvalue weighted by Gasteiger charge is -2.25. The molecule has 3 rings (SSSR count). The van der Waals surface area contributed by atoms with Crippen LogP contribution in [-0.2, 0) is 10.0 Å². The van der Waals surface area contributed by atoms with Crippen LogP contribution >= 0.6 is 0 Å². The van der Waals surface area contributed by atoms with Crippen LogP contribution in [0.1, 0.15) is 30.5 Å². The number of benzene rings is 1. The number of methoxy groups -OCH3 is 1. The summed E-state index contributed by atoms with van der Waals surface area (Å²) in [7, 11) is -2.16. The number of hydrogen-bond acceptors (Lipinski definition) is 4. The molecule has 0 radical (unpaired) electrons. The van der Waals surface area contributed by atoms with E-state index in [0.717, 1.165) is 17.5 Å². The van der Waals surface area contributed by atoms with Crippen molar-refractivity contribution in [1.82, 2.24) is 9.29 Å². The Bertz CT molecular complexity index is 821. The van der Waals surface area contributed by atoms with Crippen molar-refractivity contribution in [2.45, 2.75) is 31.2 Å². The predicted molar refractivity (Wildman–Crippen MR) is 92.4 cm³/mol. The van der Waals surface area contributed by atoms with Crippen molar-refractivity contribution in [3.8, 4) is 5.75 Å². The second-order valence-electron chi connectivity index (χ2n) is 6.37. The minimum Gasteiger partial charge on any atom is -0.495 e. The first-order chi connectivity index (χ1) is 11.4. The summed E-state index contributed by atoms with van der Waals surface area (Å²) in [6.07, 6.45) is 4.24. The maximum atomic E-state index is 13.3.